The van der Waals surface area contributed by atoms with Crippen molar-refractivity contribution in [2.24, 2.45) is 5.92 Å². The van der Waals surface area contributed by atoms with E-state index in [-0.39, 0.29) is 6.10 Å². The van der Waals surface area contributed by atoms with Gasteiger partial charge < -0.3 is 15.8 Å². The van der Waals surface area contributed by atoms with Crippen LogP contribution >= 0.6 is 0 Å². The third-order valence-electron chi connectivity index (χ3n) is 3.93. The summed E-state index contributed by atoms with van der Waals surface area (Å²) in [5.41, 5.74) is 6.50. The molecule has 1 aromatic heterocycles. The largest absolute Gasteiger partial charge is 0.473 e. The minimum Gasteiger partial charge on any atom is -0.473 e. The van der Waals surface area contributed by atoms with Crippen LogP contribution in [-0.2, 0) is 0 Å². The molecule has 20 heavy (non-hydrogen) atoms. The minimum atomic E-state index is 0.0804. The highest BCUT2D eigenvalue weighted by atomic mass is 16.5. The lowest BCUT2D eigenvalue weighted by Crippen LogP contribution is -2.26. The van der Waals surface area contributed by atoms with Crippen LogP contribution in [0.3, 0.4) is 0 Å². The van der Waals surface area contributed by atoms with Crippen LogP contribution < -0.4 is 15.8 Å². The summed E-state index contributed by atoms with van der Waals surface area (Å²) in [6.45, 7) is 6.29. The number of pyridine rings is 1. The van der Waals surface area contributed by atoms with Crippen molar-refractivity contribution in [1.82, 2.24) is 4.98 Å². The number of nitrogens with zero attached hydrogens (tertiary/aromatic N) is 1. The summed E-state index contributed by atoms with van der Waals surface area (Å²) in [5.74, 6) is 2.09. The number of nitrogens with two attached hydrogens (primary N) is 1. The number of ether oxygens (including phenoxy) is 1. The number of hydrogen-bond acceptors (Lipinski definition) is 4. The van der Waals surface area contributed by atoms with Gasteiger partial charge in [-0.1, -0.05) is 26.2 Å². The van der Waals surface area contributed by atoms with Gasteiger partial charge in [0, 0.05) is 6.04 Å². The minimum absolute atomic E-state index is 0.0804. The fourth-order valence-electron chi connectivity index (χ4n) is 2.75. The van der Waals surface area contributed by atoms with Crippen molar-refractivity contribution in [3.05, 3.63) is 12.1 Å². The molecule has 0 bridgehead atoms. The maximum atomic E-state index is 5.91. The lowest BCUT2D eigenvalue weighted by molar-refractivity contribution is 0.234. The maximum Gasteiger partial charge on any atom is 0.239 e. The highest BCUT2D eigenvalue weighted by Crippen LogP contribution is 2.27. The molecule has 1 saturated carbocycles. The summed E-state index contributed by atoms with van der Waals surface area (Å²) < 4.78 is 5.65. The van der Waals surface area contributed by atoms with E-state index in [1.807, 2.05) is 26.0 Å². The summed E-state index contributed by atoms with van der Waals surface area (Å²) in [5, 5.41) is 3.56. The predicted molar refractivity (Wildman–Crippen MR) is 84.1 cm³/mol. The van der Waals surface area contributed by atoms with Gasteiger partial charge in [0.1, 0.15) is 5.82 Å². The van der Waals surface area contributed by atoms with E-state index in [4.69, 9.17) is 10.5 Å². The molecule has 0 amide bonds. The van der Waals surface area contributed by atoms with Gasteiger partial charge in [0.05, 0.1) is 11.8 Å². The lowest BCUT2D eigenvalue weighted by Gasteiger charge is -2.24. The zero-order valence-corrected chi connectivity index (χ0v) is 12.9. The Kier molecular flexibility index (Phi) is 5.10. The molecule has 4 nitrogen and oxygen atoms in total. The molecule has 112 valence electrons. The second-order valence-electron chi connectivity index (χ2n) is 6.12. The average Bonchev–Trinajstić information content (AvgIpc) is 2.58. The fraction of sp³-hybridized carbons (Fsp3) is 0.688. The first kappa shape index (κ1) is 14.9. The zero-order valence-electron chi connectivity index (χ0n) is 12.9. The molecule has 0 spiro atoms. The SMILES string of the molecule is CC(C)Oc1nc(NC2CCCCCC2C)ccc1N. The van der Waals surface area contributed by atoms with E-state index in [0.717, 1.165) is 5.82 Å². The van der Waals surface area contributed by atoms with E-state index in [2.05, 4.69) is 17.2 Å². The molecular weight excluding hydrogens is 250 g/mol. The number of rotatable bonds is 4. The number of aromatic nitrogens is 1. The summed E-state index contributed by atoms with van der Waals surface area (Å²) in [6.07, 6.45) is 6.58. The van der Waals surface area contributed by atoms with Crippen LogP contribution in [0.5, 0.6) is 5.88 Å². The van der Waals surface area contributed by atoms with Crippen LogP contribution in [0, 0.1) is 5.92 Å². The Labute approximate surface area is 122 Å². The van der Waals surface area contributed by atoms with E-state index < -0.39 is 0 Å². The van der Waals surface area contributed by atoms with Crippen LogP contribution in [0.15, 0.2) is 12.1 Å². The molecule has 1 aliphatic rings. The smallest absolute Gasteiger partial charge is 0.239 e. The van der Waals surface area contributed by atoms with Crippen molar-refractivity contribution in [1.29, 1.82) is 0 Å². The Morgan fingerprint density at radius 2 is 2.00 bits per heavy atom. The number of nitrogens with one attached hydrogen (secondary N) is 1. The maximum absolute atomic E-state index is 5.91. The second-order valence-corrected chi connectivity index (χ2v) is 6.12. The van der Waals surface area contributed by atoms with Gasteiger partial charge in [0.25, 0.3) is 0 Å². The van der Waals surface area contributed by atoms with E-state index in [0.29, 0.717) is 23.5 Å². The van der Waals surface area contributed by atoms with Crippen LogP contribution in [0.4, 0.5) is 11.5 Å². The molecule has 2 atom stereocenters. The van der Waals surface area contributed by atoms with Crippen LogP contribution in [-0.4, -0.2) is 17.1 Å². The number of nitrogen functional groups attached to an aromatic ring is 1. The van der Waals surface area contributed by atoms with Gasteiger partial charge in [-0.3, -0.25) is 0 Å². The van der Waals surface area contributed by atoms with Crippen molar-refractivity contribution >= 4 is 11.5 Å². The molecule has 1 aromatic rings. The summed E-state index contributed by atoms with van der Waals surface area (Å²) in [6, 6.07) is 4.31. The van der Waals surface area contributed by atoms with Gasteiger partial charge in [-0.25, -0.2) is 0 Å². The molecule has 2 rings (SSSR count). The van der Waals surface area contributed by atoms with E-state index in [1.54, 1.807) is 0 Å². The zero-order chi connectivity index (χ0) is 14.5. The summed E-state index contributed by atoms with van der Waals surface area (Å²) >= 11 is 0. The van der Waals surface area contributed by atoms with Gasteiger partial charge >= 0.3 is 0 Å². The van der Waals surface area contributed by atoms with Crippen LogP contribution in [0.2, 0.25) is 0 Å². The van der Waals surface area contributed by atoms with Crippen molar-refractivity contribution in [3.8, 4) is 5.88 Å². The molecule has 0 aliphatic heterocycles. The first-order chi connectivity index (χ1) is 9.56. The Morgan fingerprint density at radius 1 is 1.25 bits per heavy atom. The lowest BCUT2D eigenvalue weighted by atomic mass is 9.97. The molecule has 1 aliphatic carbocycles. The topological polar surface area (TPSA) is 60.2 Å². The number of anilines is 2. The monoisotopic (exact) mass is 277 g/mol. The predicted octanol–water partition coefficient (Wildman–Crippen LogP) is 3.83. The molecule has 0 radical (unpaired) electrons. The first-order valence-corrected chi connectivity index (χ1v) is 7.76. The van der Waals surface area contributed by atoms with E-state index >= 15 is 0 Å². The van der Waals surface area contributed by atoms with E-state index in [9.17, 15) is 0 Å². The first-order valence-electron chi connectivity index (χ1n) is 7.76. The molecule has 4 heteroatoms. The van der Waals surface area contributed by atoms with Crippen molar-refractivity contribution < 1.29 is 4.74 Å². The normalized spacial score (nSPS) is 23.4. The van der Waals surface area contributed by atoms with Crippen molar-refractivity contribution in [2.45, 2.75) is 65.0 Å². The standard InChI is InChI=1S/C16H27N3O/c1-11(2)20-16-13(17)9-10-15(19-16)18-14-8-6-4-5-7-12(14)3/h9-12,14H,4-8,17H2,1-3H3,(H,18,19). The Bertz CT molecular complexity index is 434. The van der Waals surface area contributed by atoms with Crippen LogP contribution in [0.25, 0.3) is 0 Å². The number of hydrogen-bond donors (Lipinski definition) is 2. The summed E-state index contributed by atoms with van der Waals surface area (Å²) in [7, 11) is 0. The van der Waals surface area contributed by atoms with Crippen molar-refractivity contribution in [2.75, 3.05) is 11.1 Å². The highest BCUT2D eigenvalue weighted by Gasteiger charge is 2.20. The molecule has 3 N–H and O–H groups in total. The van der Waals surface area contributed by atoms with E-state index in [1.165, 1.54) is 32.1 Å². The fourth-order valence-corrected chi connectivity index (χ4v) is 2.75. The second kappa shape index (κ2) is 6.82. The quantitative estimate of drug-likeness (QED) is 0.821. The summed E-state index contributed by atoms with van der Waals surface area (Å²) in [4.78, 5) is 4.51. The van der Waals surface area contributed by atoms with Crippen LogP contribution in [0.1, 0.15) is 52.9 Å². The third kappa shape index (κ3) is 4.02. The molecule has 1 fully saturated rings. The van der Waals surface area contributed by atoms with Gasteiger partial charge in [-0.15, -0.1) is 0 Å². The van der Waals surface area contributed by atoms with Gasteiger partial charge in [0.2, 0.25) is 5.88 Å². The molecule has 1 heterocycles. The third-order valence-corrected chi connectivity index (χ3v) is 3.93. The van der Waals surface area contributed by atoms with Gasteiger partial charge in [0.15, 0.2) is 0 Å². The van der Waals surface area contributed by atoms with Crippen molar-refractivity contribution in [3.63, 3.8) is 0 Å². The Hall–Kier alpha value is -1.45. The van der Waals surface area contributed by atoms with Gasteiger partial charge in [-0.05, 0) is 44.7 Å². The molecular formula is C16H27N3O. The molecule has 2 unspecified atom stereocenters. The highest BCUT2D eigenvalue weighted by molar-refractivity contribution is 5.54. The Balaban J connectivity index is 2.08. The Morgan fingerprint density at radius 3 is 2.75 bits per heavy atom. The van der Waals surface area contributed by atoms with Gasteiger partial charge in [-0.2, -0.15) is 4.98 Å². The average molecular weight is 277 g/mol. The molecule has 0 aromatic carbocycles. The molecule has 0 saturated heterocycles.